The third kappa shape index (κ3) is 3.42. The second kappa shape index (κ2) is 6.13. The van der Waals surface area contributed by atoms with Crippen LogP contribution < -0.4 is 14.8 Å². The van der Waals surface area contributed by atoms with E-state index in [1.807, 2.05) is 0 Å². The number of rotatable bonds is 5. The molecule has 130 valence electrons. The molecule has 0 bridgehead atoms. The number of amides is 1. The van der Waals surface area contributed by atoms with E-state index in [2.05, 4.69) is 4.74 Å². The van der Waals surface area contributed by atoms with Crippen LogP contribution in [0.15, 0.2) is 18.2 Å². The van der Waals surface area contributed by atoms with E-state index in [1.54, 1.807) is 0 Å². The molecule has 0 radical (unpaired) electrons. The summed E-state index contributed by atoms with van der Waals surface area (Å²) >= 11 is 0. The third-order valence-corrected chi connectivity index (χ3v) is 2.69. The zero-order chi connectivity index (χ0) is 18.1. The van der Waals surface area contributed by atoms with Gasteiger partial charge in [-0.3, -0.25) is 4.79 Å². The normalized spacial score (nSPS) is 12.7. The lowest BCUT2D eigenvalue weighted by atomic mass is 10.1. The maximum atomic E-state index is 13.2. The number of hydrogen-bond donors (Lipinski definition) is 1. The van der Waals surface area contributed by atoms with Crippen molar-refractivity contribution in [2.24, 2.45) is 0 Å². The monoisotopic (exact) mass is 349 g/mol. The molecule has 0 fully saturated rings. The molecule has 11 heteroatoms. The lowest BCUT2D eigenvalue weighted by molar-refractivity contribution is -0.343. The van der Waals surface area contributed by atoms with Gasteiger partial charge in [-0.1, -0.05) is 0 Å². The average molecular weight is 349 g/mol. The standard InChI is InChI=1S/C12H10F7NO3/c1-22-6-3-4-8(23-2)7(5-6)20-9(21)10(13,14)11(15,16)12(17,18)19/h3-5H,1-2H3,(H,20,21). The first kappa shape index (κ1) is 18.8. The molecule has 0 aromatic heterocycles. The zero-order valence-corrected chi connectivity index (χ0v) is 11.6. The second-order valence-corrected chi connectivity index (χ2v) is 4.17. The molecule has 0 spiro atoms. The first-order valence-electron chi connectivity index (χ1n) is 5.74. The van der Waals surface area contributed by atoms with Crippen molar-refractivity contribution < 1.29 is 45.0 Å². The van der Waals surface area contributed by atoms with Crippen LogP contribution in [-0.4, -0.2) is 38.1 Å². The van der Waals surface area contributed by atoms with E-state index in [0.29, 0.717) is 0 Å². The first-order chi connectivity index (χ1) is 10.4. The van der Waals surface area contributed by atoms with Crippen LogP contribution in [0.1, 0.15) is 0 Å². The van der Waals surface area contributed by atoms with Gasteiger partial charge in [0, 0.05) is 6.07 Å². The molecule has 1 aromatic rings. The molecule has 0 aliphatic heterocycles. The fourth-order valence-corrected chi connectivity index (χ4v) is 1.43. The van der Waals surface area contributed by atoms with E-state index < -0.39 is 29.6 Å². The van der Waals surface area contributed by atoms with Crippen molar-refractivity contribution in [3.05, 3.63) is 18.2 Å². The van der Waals surface area contributed by atoms with Gasteiger partial charge in [-0.15, -0.1) is 0 Å². The van der Waals surface area contributed by atoms with E-state index in [9.17, 15) is 35.5 Å². The van der Waals surface area contributed by atoms with Crippen molar-refractivity contribution in [2.75, 3.05) is 19.5 Å². The summed E-state index contributed by atoms with van der Waals surface area (Å²) in [5.41, 5.74) is -0.561. The van der Waals surface area contributed by atoms with E-state index >= 15 is 0 Å². The molecule has 0 aliphatic carbocycles. The highest BCUT2D eigenvalue weighted by Gasteiger charge is 2.76. The summed E-state index contributed by atoms with van der Waals surface area (Å²) in [6.07, 6.45) is -6.60. The molecule has 1 N–H and O–H groups in total. The molecular weight excluding hydrogens is 339 g/mol. The molecule has 1 aromatic carbocycles. The van der Waals surface area contributed by atoms with Gasteiger partial charge >= 0.3 is 23.9 Å². The van der Waals surface area contributed by atoms with Gasteiger partial charge in [-0.25, -0.2) is 0 Å². The zero-order valence-electron chi connectivity index (χ0n) is 11.6. The Morgan fingerprint density at radius 2 is 1.57 bits per heavy atom. The Morgan fingerprint density at radius 1 is 1.00 bits per heavy atom. The van der Waals surface area contributed by atoms with Gasteiger partial charge in [0.15, 0.2) is 0 Å². The highest BCUT2D eigenvalue weighted by Crippen LogP contribution is 2.47. The Labute approximate surface area is 125 Å². The Bertz CT molecular complexity index is 587. The number of benzene rings is 1. The lowest BCUT2D eigenvalue weighted by Crippen LogP contribution is -2.57. The predicted molar refractivity (Wildman–Crippen MR) is 64.1 cm³/mol. The van der Waals surface area contributed by atoms with Crippen LogP contribution in [0.3, 0.4) is 0 Å². The lowest BCUT2D eigenvalue weighted by Gasteiger charge is -2.27. The van der Waals surface area contributed by atoms with Crippen molar-refractivity contribution in [3.8, 4) is 11.5 Å². The van der Waals surface area contributed by atoms with E-state index in [0.717, 1.165) is 19.2 Å². The van der Waals surface area contributed by atoms with Crippen molar-refractivity contribution in [1.29, 1.82) is 0 Å². The topological polar surface area (TPSA) is 47.6 Å². The molecular formula is C12H10F7NO3. The molecule has 0 saturated heterocycles. The van der Waals surface area contributed by atoms with Crippen molar-refractivity contribution in [2.45, 2.75) is 18.0 Å². The van der Waals surface area contributed by atoms with Crippen molar-refractivity contribution >= 4 is 11.6 Å². The number of alkyl halides is 7. The van der Waals surface area contributed by atoms with Gasteiger partial charge in [-0.2, -0.15) is 30.7 Å². The fraction of sp³-hybridized carbons (Fsp3) is 0.417. The van der Waals surface area contributed by atoms with Gasteiger partial charge in [0.05, 0.1) is 19.9 Å². The average Bonchev–Trinajstić information content (AvgIpc) is 2.45. The highest BCUT2D eigenvalue weighted by atomic mass is 19.4. The SMILES string of the molecule is COc1ccc(OC)c(NC(=O)C(F)(F)C(F)(F)C(F)(F)F)c1. The van der Waals surface area contributed by atoms with Crippen LogP contribution in [-0.2, 0) is 4.79 Å². The number of hydrogen-bond acceptors (Lipinski definition) is 3. The van der Waals surface area contributed by atoms with E-state index in [-0.39, 0.29) is 11.5 Å². The van der Waals surface area contributed by atoms with Crippen LogP contribution in [0.25, 0.3) is 0 Å². The molecule has 1 amide bonds. The summed E-state index contributed by atoms with van der Waals surface area (Å²) in [4.78, 5) is 11.3. The summed E-state index contributed by atoms with van der Waals surface area (Å²) in [7, 11) is 2.25. The number of anilines is 1. The Kier molecular flexibility index (Phi) is 5.02. The summed E-state index contributed by atoms with van der Waals surface area (Å²) in [6.45, 7) is 0. The quantitative estimate of drug-likeness (QED) is 0.828. The van der Waals surface area contributed by atoms with Crippen LogP contribution in [0.2, 0.25) is 0 Å². The summed E-state index contributed by atoms with van der Waals surface area (Å²) in [5.74, 6) is -15.6. The maximum absolute atomic E-state index is 13.2. The molecule has 0 aliphatic rings. The molecule has 0 saturated carbocycles. The van der Waals surface area contributed by atoms with Gasteiger partial charge in [0.25, 0.3) is 0 Å². The molecule has 23 heavy (non-hydrogen) atoms. The number of ether oxygens (including phenoxy) is 2. The van der Waals surface area contributed by atoms with E-state index in [4.69, 9.17) is 4.74 Å². The largest absolute Gasteiger partial charge is 0.497 e. The van der Waals surface area contributed by atoms with Crippen molar-refractivity contribution in [3.63, 3.8) is 0 Å². The number of carbonyl (C=O) groups excluding carboxylic acids is 1. The van der Waals surface area contributed by atoms with Crippen LogP contribution >= 0.6 is 0 Å². The van der Waals surface area contributed by atoms with Crippen molar-refractivity contribution in [1.82, 2.24) is 0 Å². The summed E-state index contributed by atoms with van der Waals surface area (Å²) in [6, 6.07) is 3.34. The van der Waals surface area contributed by atoms with Gasteiger partial charge < -0.3 is 14.8 Å². The number of carbonyl (C=O) groups is 1. The van der Waals surface area contributed by atoms with Gasteiger partial charge in [0.1, 0.15) is 11.5 Å². The summed E-state index contributed by atoms with van der Waals surface area (Å²) < 4.78 is 97.6. The van der Waals surface area contributed by atoms with Gasteiger partial charge in [0.2, 0.25) is 0 Å². The van der Waals surface area contributed by atoms with Crippen LogP contribution in [0.5, 0.6) is 11.5 Å². The second-order valence-electron chi connectivity index (χ2n) is 4.17. The maximum Gasteiger partial charge on any atom is 0.460 e. The third-order valence-electron chi connectivity index (χ3n) is 2.69. The molecule has 4 nitrogen and oxygen atoms in total. The minimum absolute atomic E-state index is 0.0204. The Morgan fingerprint density at radius 3 is 2.00 bits per heavy atom. The van der Waals surface area contributed by atoms with Crippen LogP contribution in [0.4, 0.5) is 36.4 Å². The molecule has 0 atom stereocenters. The highest BCUT2D eigenvalue weighted by molar-refractivity contribution is 5.98. The minimum atomic E-state index is -6.60. The van der Waals surface area contributed by atoms with E-state index in [1.165, 1.54) is 18.5 Å². The number of halogens is 7. The smallest absolute Gasteiger partial charge is 0.460 e. The minimum Gasteiger partial charge on any atom is -0.497 e. The number of methoxy groups -OCH3 is 2. The fourth-order valence-electron chi connectivity index (χ4n) is 1.43. The Hall–Kier alpha value is -2.20. The van der Waals surface area contributed by atoms with Gasteiger partial charge in [-0.05, 0) is 12.1 Å². The molecule has 0 unspecified atom stereocenters. The van der Waals surface area contributed by atoms with Crippen LogP contribution in [0, 0.1) is 0 Å². The molecule has 1 rings (SSSR count). The Balaban J connectivity index is 3.17. The molecule has 0 heterocycles. The summed E-state index contributed by atoms with van der Waals surface area (Å²) in [5, 5.41) is 1.28. The predicted octanol–water partition coefficient (Wildman–Crippen LogP) is 3.48. The number of nitrogens with one attached hydrogen (secondary N) is 1. The first-order valence-corrected chi connectivity index (χ1v) is 5.74.